The van der Waals surface area contributed by atoms with Gasteiger partial charge < -0.3 is 10.0 Å². The number of amides is 1. The Labute approximate surface area is 187 Å². The second-order valence-electron chi connectivity index (χ2n) is 7.31. The molecule has 1 aliphatic rings. The molecule has 0 unspecified atom stereocenters. The number of hydrogen-bond acceptors (Lipinski definition) is 5. The largest absolute Gasteiger partial charge is 0.478 e. The number of rotatable bonds is 4. The summed E-state index contributed by atoms with van der Waals surface area (Å²) in [6.07, 6.45) is 3.42. The molecule has 7 nitrogen and oxygen atoms in total. The SMILES string of the molecule is N#C/C(C(=O)N1CCCC1)=c1\s/c(=C/c2ccc(C(=O)O)cc2)c(=O)n1-c1ccccc1. The van der Waals surface area contributed by atoms with Crippen LogP contribution in [0.3, 0.4) is 0 Å². The molecule has 1 saturated heterocycles. The number of carboxylic acid groups (broad SMARTS) is 1. The van der Waals surface area contributed by atoms with Crippen molar-refractivity contribution in [3.8, 4) is 11.8 Å². The Morgan fingerprint density at radius 1 is 1.03 bits per heavy atom. The Bertz CT molecular complexity index is 1390. The molecule has 1 N–H and O–H groups in total. The summed E-state index contributed by atoms with van der Waals surface area (Å²) in [7, 11) is 0. The van der Waals surface area contributed by atoms with Gasteiger partial charge in [0.25, 0.3) is 11.5 Å². The van der Waals surface area contributed by atoms with Crippen LogP contribution in [0.15, 0.2) is 59.4 Å². The van der Waals surface area contributed by atoms with Crippen molar-refractivity contribution in [2.24, 2.45) is 0 Å². The quantitative estimate of drug-likeness (QED) is 0.659. The highest BCUT2D eigenvalue weighted by molar-refractivity contribution is 7.07. The van der Waals surface area contributed by atoms with E-state index < -0.39 is 5.97 Å². The zero-order valence-electron chi connectivity index (χ0n) is 17.0. The Morgan fingerprint density at radius 2 is 1.69 bits per heavy atom. The minimum absolute atomic E-state index is 0.0567. The first-order chi connectivity index (χ1) is 15.5. The maximum Gasteiger partial charge on any atom is 0.335 e. The smallest absolute Gasteiger partial charge is 0.335 e. The molecule has 0 atom stereocenters. The van der Waals surface area contributed by atoms with Gasteiger partial charge in [-0.3, -0.25) is 14.2 Å². The summed E-state index contributed by atoms with van der Waals surface area (Å²) in [5.74, 6) is -1.40. The molecule has 2 aromatic carbocycles. The van der Waals surface area contributed by atoms with E-state index in [9.17, 15) is 19.6 Å². The molecule has 1 aliphatic heterocycles. The average molecular weight is 446 g/mol. The Hall–Kier alpha value is -3.96. The first-order valence-electron chi connectivity index (χ1n) is 10.1. The van der Waals surface area contributed by atoms with Gasteiger partial charge in [0.15, 0.2) is 5.57 Å². The lowest BCUT2D eigenvalue weighted by molar-refractivity contribution is -0.123. The van der Waals surface area contributed by atoms with Crippen LogP contribution in [0.4, 0.5) is 0 Å². The molecule has 3 aromatic rings. The van der Waals surface area contributed by atoms with E-state index in [1.54, 1.807) is 47.4 Å². The Balaban J connectivity index is 1.95. The molecule has 2 heterocycles. The number of hydrogen-bond donors (Lipinski definition) is 1. The van der Waals surface area contributed by atoms with Crippen LogP contribution in [0.5, 0.6) is 0 Å². The number of aromatic nitrogens is 1. The number of thiazole rings is 1. The van der Waals surface area contributed by atoms with E-state index in [0.29, 0.717) is 28.9 Å². The van der Waals surface area contributed by atoms with Gasteiger partial charge in [0.2, 0.25) is 0 Å². The summed E-state index contributed by atoms with van der Waals surface area (Å²) in [5, 5.41) is 18.9. The average Bonchev–Trinajstić information content (AvgIpc) is 3.44. The number of nitrogens with zero attached hydrogens (tertiary/aromatic N) is 3. The first-order valence-corrected chi connectivity index (χ1v) is 10.9. The third-order valence-electron chi connectivity index (χ3n) is 5.23. The van der Waals surface area contributed by atoms with E-state index >= 15 is 0 Å². The monoisotopic (exact) mass is 445 g/mol. The number of carboxylic acids is 1. The van der Waals surface area contributed by atoms with Gasteiger partial charge in [-0.05, 0) is 48.7 Å². The molecule has 1 fully saturated rings. The molecule has 0 bridgehead atoms. The van der Waals surface area contributed by atoms with Crippen LogP contribution >= 0.6 is 11.3 Å². The standard InChI is InChI=1S/C24H19N3O4S/c25-15-19(21(28)26-12-4-5-13-26)23-27(18-6-2-1-3-7-18)22(29)20(32-23)14-16-8-10-17(11-9-16)24(30)31/h1-3,6-11,14H,4-5,12-13H2,(H,30,31)/b20-14+,23-19+. The van der Waals surface area contributed by atoms with Gasteiger partial charge >= 0.3 is 5.97 Å². The lowest BCUT2D eigenvalue weighted by atomic mass is 10.1. The van der Waals surface area contributed by atoms with Crippen molar-refractivity contribution in [3.63, 3.8) is 0 Å². The highest BCUT2D eigenvalue weighted by atomic mass is 32.1. The zero-order chi connectivity index (χ0) is 22.7. The molecule has 0 radical (unpaired) electrons. The lowest BCUT2D eigenvalue weighted by Crippen LogP contribution is -2.35. The predicted molar refractivity (Wildman–Crippen MR) is 121 cm³/mol. The molecule has 160 valence electrons. The molecular formula is C24H19N3O4S. The highest BCUT2D eigenvalue weighted by Crippen LogP contribution is 2.12. The molecule has 0 saturated carbocycles. The number of benzene rings is 2. The van der Waals surface area contributed by atoms with Gasteiger partial charge in [-0.1, -0.05) is 30.3 Å². The molecule has 32 heavy (non-hydrogen) atoms. The van der Waals surface area contributed by atoms with Crippen molar-refractivity contribution in [1.29, 1.82) is 5.26 Å². The molecule has 1 amide bonds. The van der Waals surface area contributed by atoms with Crippen LogP contribution in [0.25, 0.3) is 17.3 Å². The van der Waals surface area contributed by atoms with Gasteiger partial charge in [-0.15, -0.1) is 11.3 Å². The fourth-order valence-corrected chi connectivity index (χ4v) is 4.70. The maximum atomic E-state index is 13.3. The van der Waals surface area contributed by atoms with Crippen molar-refractivity contribution >= 4 is 34.9 Å². The topological polar surface area (TPSA) is 103 Å². The van der Waals surface area contributed by atoms with Gasteiger partial charge in [0.1, 0.15) is 10.7 Å². The van der Waals surface area contributed by atoms with E-state index in [-0.39, 0.29) is 27.3 Å². The van der Waals surface area contributed by atoms with Crippen molar-refractivity contribution < 1.29 is 14.7 Å². The zero-order valence-corrected chi connectivity index (χ0v) is 17.8. The van der Waals surface area contributed by atoms with E-state index in [1.807, 2.05) is 12.1 Å². The third-order valence-corrected chi connectivity index (χ3v) is 6.32. The van der Waals surface area contributed by atoms with E-state index in [0.717, 1.165) is 24.2 Å². The van der Waals surface area contributed by atoms with Crippen LogP contribution in [0.1, 0.15) is 28.8 Å². The second-order valence-corrected chi connectivity index (χ2v) is 8.34. The van der Waals surface area contributed by atoms with Crippen molar-refractivity contribution in [2.45, 2.75) is 12.8 Å². The van der Waals surface area contributed by atoms with Crippen LogP contribution in [0.2, 0.25) is 0 Å². The van der Waals surface area contributed by atoms with E-state index in [2.05, 4.69) is 0 Å². The van der Waals surface area contributed by atoms with Gasteiger partial charge in [-0.2, -0.15) is 5.26 Å². The highest BCUT2D eigenvalue weighted by Gasteiger charge is 2.24. The van der Waals surface area contributed by atoms with Crippen LogP contribution in [0, 0.1) is 11.3 Å². The van der Waals surface area contributed by atoms with E-state index in [4.69, 9.17) is 5.11 Å². The number of likely N-dealkylation sites (tertiary alicyclic amines) is 1. The summed E-state index contributed by atoms with van der Waals surface area (Å²) in [5.41, 5.74) is 0.947. The minimum Gasteiger partial charge on any atom is -0.478 e. The van der Waals surface area contributed by atoms with Gasteiger partial charge in [0.05, 0.1) is 15.8 Å². The first kappa shape index (κ1) is 21.3. The fraction of sp³-hybridized carbons (Fsp3) is 0.167. The summed E-state index contributed by atoms with van der Waals surface area (Å²) < 4.78 is 2.03. The summed E-state index contributed by atoms with van der Waals surface area (Å²) >= 11 is 1.08. The number of carbonyl (C=O) groups excluding carboxylic acids is 1. The number of carbonyl (C=O) groups is 2. The molecule has 0 aliphatic carbocycles. The van der Waals surface area contributed by atoms with Crippen LogP contribution in [-0.2, 0) is 4.79 Å². The fourth-order valence-electron chi connectivity index (χ4n) is 3.60. The normalized spacial score (nSPS) is 14.8. The van der Waals surface area contributed by atoms with Gasteiger partial charge in [0, 0.05) is 13.1 Å². The molecule has 4 rings (SSSR count). The predicted octanol–water partition coefficient (Wildman–Crippen LogP) is 1.72. The summed E-state index contributed by atoms with van der Waals surface area (Å²) in [6, 6.07) is 17.1. The number of aromatic carboxylic acids is 1. The Kier molecular flexibility index (Phi) is 6.01. The van der Waals surface area contributed by atoms with E-state index in [1.165, 1.54) is 16.7 Å². The minimum atomic E-state index is -1.03. The number of para-hydroxylation sites is 1. The Morgan fingerprint density at radius 3 is 2.28 bits per heavy atom. The summed E-state index contributed by atoms with van der Waals surface area (Å²) in [4.78, 5) is 39.1. The van der Waals surface area contributed by atoms with Crippen LogP contribution < -0.4 is 14.8 Å². The summed E-state index contributed by atoms with van der Waals surface area (Å²) in [6.45, 7) is 1.19. The molecule has 8 heteroatoms. The number of nitriles is 1. The molecule has 1 aromatic heterocycles. The van der Waals surface area contributed by atoms with Crippen molar-refractivity contribution in [1.82, 2.24) is 9.47 Å². The lowest BCUT2D eigenvalue weighted by Gasteiger charge is -2.14. The van der Waals surface area contributed by atoms with Crippen molar-refractivity contribution in [3.05, 3.63) is 85.3 Å². The van der Waals surface area contributed by atoms with Crippen LogP contribution in [-0.4, -0.2) is 39.5 Å². The second kappa shape index (κ2) is 9.04. The molecule has 0 spiro atoms. The maximum absolute atomic E-state index is 13.3. The van der Waals surface area contributed by atoms with Gasteiger partial charge in [-0.25, -0.2) is 4.79 Å². The molecular weight excluding hydrogens is 426 g/mol. The van der Waals surface area contributed by atoms with Crippen molar-refractivity contribution in [2.75, 3.05) is 13.1 Å². The third kappa shape index (κ3) is 4.11.